The van der Waals surface area contributed by atoms with Gasteiger partial charge in [-0.15, -0.1) is 21.5 Å². The lowest BCUT2D eigenvalue weighted by Crippen LogP contribution is -2.34. The van der Waals surface area contributed by atoms with Crippen LogP contribution >= 0.6 is 11.3 Å². The molecular formula is C34H35F2N5O4S. The maximum atomic E-state index is 14.0. The average molecular weight is 648 g/mol. The van der Waals surface area contributed by atoms with Gasteiger partial charge in [0, 0.05) is 37.1 Å². The van der Waals surface area contributed by atoms with Crippen LogP contribution in [0.15, 0.2) is 34.7 Å². The van der Waals surface area contributed by atoms with Crippen molar-refractivity contribution in [3.63, 3.8) is 0 Å². The summed E-state index contributed by atoms with van der Waals surface area (Å²) < 4.78 is 39.0. The number of pyridine rings is 1. The normalized spacial score (nSPS) is 20.2. The zero-order valence-electron chi connectivity index (χ0n) is 26.0. The molecule has 7 rings (SSSR count). The number of hydrogen-bond acceptors (Lipinski definition) is 8. The van der Waals surface area contributed by atoms with Crippen LogP contribution < -0.4 is 5.32 Å². The molecule has 240 valence electrons. The van der Waals surface area contributed by atoms with Crippen LogP contribution in [0.3, 0.4) is 0 Å². The fraction of sp³-hybridized carbons (Fsp3) is 0.441. The van der Waals surface area contributed by atoms with Gasteiger partial charge >= 0.3 is 0 Å². The first-order valence-corrected chi connectivity index (χ1v) is 16.5. The second kappa shape index (κ2) is 12.0. The monoisotopic (exact) mass is 647 g/mol. The first-order valence-electron chi connectivity index (χ1n) is 15.7. The summed E-state index contributed by atoms with van der Waals surface area (Å²) in [5.74, 6) is -1.21. The van der Waals surface area contributed by atoms with Gasteiger partial charge in [0.25, 0.3) is 11.8 Å². The topological polar surface area (TPSA) is 110 Å². The minimum atomic E-state index is -0.970. The molecule has 6 heterocycles. The van der Waals surface area contributed by atoms with Gasteiger partial charge in [0.1, 0.15) is 0 Å². The molecule has 3 aliphatic rings. The summed E-state index contributed by atoms with van der Waals surface area (Å²) in [6, 6.07) is 6.99. The SMILES string of the molecule is Cc1nnc(-c2c(CCC3CCOC(C)(C)C3)nc3c(c2-c2ccc(C(=O)NCc4ccc(F)c(F)c4)s2)C(=O)N2CCC[C@@H]32)o1. The van der Waals surface area contributed by atoms with Crippen LogP contribution in [-0.2, 0) is 17.7 Å². The Labute approximate surface area is 269 Å². The van der Waals surface area contributed by atoms with E-state index < -0.39 is 11.6 Å². The zero-order chi connectivity index (χ0) is 32.2. The molecule has 9 nitrogen and oxygen atoms in total. The summed E-state index contributed by atoms with van der Waals surface area (Å²) in [5, 5.41) is 11.3. The highest BCUT2D eigenvalue weighted by Crippen LogP contribution is 2.49. The van der Waals surface area contributed by atoms with Crippen LogP contribution in [0, 0.1) is 24.5 Å². The Balaban J connectivity index is 1.28. The van der Waals surface area contributed by atoms with Gasteiger partial charge in [-0.3, -0.25) is 14.6 Å². The van der Waals surface area contributed by atoms with Gasteiger partial charge in [-0.1, -0.05) is 6.07 Å². The van der Waals surface area contributed by atoms with Crippen molar-refractivity contribution in [3.8, 4) is 21.9 Å². The minimum Gasteiger partial charge on any atom is -0.421 e. The van der Waals surface area contributed by atoms with Crippen molar-refractivity contribution >= 4 is 23.2 Å². The molecule has 2 amide bonds. The Morgan fingerprint density at radius 1 is 1.11 bits per heavy atom. The molecule has 0 spiro atoms. The molecule has 3 aliphatic heterocycles. The molecule has 0 aliphatic carbocycles. The summed E-state index contributed by atoms with van der Waals surface area (Å²) >= 11 is 1.25. The van der Waals surface area contributed by atoms with E-state index in [2.05, 4.69) is 29.4 Å². The summed E-state index contributed by atoms with van der Waals surface area (Å²) in [4.78, 5) is 35.4. The predicted octanol–water partition coefficient (Wildman–Crippen LogP) is 6.81. The summed E-state index contributed by atoms with van der Waals surface area (Å²) in [7, 11) is 0. The van der Waals surface area contributed by atoms with Gasteiger partial charge in [-0.2, -0.15) is 0 Å². The Morgan fingerprint density at radius 2 is 1.96 bits per heavy atom. The van der Waals surface area contributed by atoms with E-state index in [1.54, 1.807) is 13.0 Å². The molecule has 2 saturated heterocycles. The third-order valence-electron chi connectivity index (χ3n) is 9.19. The molecular weight excluding hydrogens is 612 g/mol. The number of nitrogens with zero attached hydrogens (tertiary/aromatic N) is 4. The number of thiophene rings is 1. The van der Waals surface area contributed by atoms with Crippen LogP contribution in [0.25, 0.3) is 21.9 Å². The third-order valence-corrected chi connectivity index (χ3v) is 10.3. The summed E-state index contributed by atoms with van der Waals surface area (Å²) in [5.41, 5.74) is 3.67. The molecule has 2 fully saturated rings. The van der Waals surface area contributed by atoms with Crippen LogP contribution in [0.1, 0.15) is 94.9 Å². The lowest BCUT2D eigenvalue weighted by Gasteiger charge is -2.35. The van der Waals surface area contributed by atoms with Gasteiger partial charge < -0.3 is 19.4 Å². The fourth-order valence-corrected chi connectivity index (χ4v) is 8.04. The Morgan fingerprint density at radius 3 is 2.72 bits per heavy atom. The van der Waals surface area contributed by atoms with Crippen molar-refractivity contribution in [2.75, 3.05) is 13.2 Å². The highest BCUT2D eigenvalue weighted by atomic mass is 32.1. The molecule has 12 heteroatoms. The lowest BCUT2D eigenvalue weighted by molar-refractivity contribution is -0.0734. The number of aryl methyl sites for hydroxylation is 2. The number of aromatic nitrogens is 3. The zero-order valence-corrected chi connectivity index (χ0v) is 26.8. The molecule has 1 N–H and O–H groups in total. The minimum absolute atomic E-state index is 0.0305. The molecule has 1 aromatic carbocycles. The number of halogens is 2. The molecule has 0 radical (unpaired) electrons. The largest absolute Gasteiger partial charge is 0.421 e. The second-order valence-electron chi connectivity index (χ2n) is 13.0. The smallest absolute Gasteiger partial charge is 0.261 e. The molecule has 1 unspecified atom stereocenters. The summed E-state index contributed by atoms with van der Waals surface area (Å²) in [6.45, 7) is 7.40. The second-order valence-corrected chi connectivity index (χ2v) is 14.0. The predicted molar refractivity (Wildman–Crippen MR) is 167 cm³/mol. The number of rotatable bonds is 8. The highest BCUT2D eigenvalue weighted by Gasteiger charge is 2.45. The number of benzene rings is 1. The van der Waals surface area contributed by atoms with E-state index in [1.807, 2.05) is 11.0 Å². The molecule has 2 atom stereocenters. The maximum Gasteiger partial charge on any atom is 0.261 e. The number of nitrogens with one attached hydrogen (secondary N) is 1. The van der Waals surface area contributed by atoms with Crippen molar-refractivity contribution in [1.82, 2.24) is 25.4 Å². The van der Waals surface area contributed by atoms with E-state index in [0.717, 1.165) is 62.2 Å². The van der Waals surface area contributed by atoms with Crippen molar-refractivity contribution in [3.05, 3.63) is 75.2 Å². The van der Waals surface area contributed by atoms with Gasteiger partial charge in [0.2, 0.25) is 11.8 Å². The van der Waals surface area contributed by atoms with Crippen molar-refractivity contribution in [1.29, 1.82) is 0 Å². The standard InChI is InChI=1S/C34H35F2N5O4S/c1-18-39-40-32(45-18)27-23(9-7-19-12-14-44-34(2,3)16-19)38-30-24-5-4-13-41(24)33(43)29(30)28(27)25-10-11-26(46-25)31(42)37-17-20-6-8-21(35)22(36)15-20/h6,8,10-11,15,19,24H,4-5,7,9,12-14,16-17H2,1-3H3,(H,37,42)/t19?,24-/m0/s1. The molecule has 3 aromatic heterocycles. The van der Waals surface area contributed by atoms with Gasteiger partial charge in [0.05, 0.1) is 39.0 Å². The van der Waals surface area contributed by atoms with Crippen molar-refractivity contribution in [2.24, 2.45) is 5.92 Å². The number of carbonyl (C=O) groups excluding carboxylic acids is 2. The van der Waals surface area contributed by atoms with Crippen LogP contribution in [0.4, 0.5) is 8.78 Å². The molecule has 0 bridgehead atoms. The van der Waals surface area contributed by atoms with Gasteiger partial charge in [-0.05, 0) is 88.1 Å². The van der Waals surface area contributed by atoms with Crippen LogP contribution in [-0.4, -0.2) is 50.6 Å². The van der Waals surface area contributed by atoms with Crippen LogP contribution in [0.2, 0.25) is 0 Å². The van der Waals surface area contributed by atoms with Crippen molar-refractivity contribution < 1.29 is 27.5 Å². The summed E-state index contributed by atoms with van der Waals surface area (Å²) in [6.07, 6.45) is 5.24. The maximum absolute atomic E-state index is 14.0. The lowest BCUT2D eigenvalue weighted by atomic mass is 9.84. The number of carbonyl (C=O) groups is 2. The van der Waals surface area contributed by atoms with E-state index in [9.17, 15) is 18.4 Å². The van der Waals surface area contributed by atoms with E-state index in [0.29, 0.717) is 62.7 Å². The molecule has 46 heavy (non-hydrogen) atoms. The van der Waals surface area contributed by atoms with E-state index in [-0.39, 0.29) is 30.0 Å². The number of hydrogen-bond donors (Lipinski definition) is 1. The number of amides is 2. The van der Waals surface area contributed by atoms with Crippen LogP contribution in [0.5, 0.6) is 0 Å². The van der Waals surface area contributed by atoms with E-state index in [4.69, 9.17) is 14.1 Å². The van der Waals surface area contributed by atoms with E-state index >= 15 is 0 Å². The highest BCUT2D eigenvalue weighted by molar-refractivity contribution is 7.17. The Kier molecular flexibility index (Phi) is 7.96. The number of ether oxygens (including phenoxy) is 1. The quantitative estimate of drug-likeness (QED) is 0.224. The number of fused-ring (bicyclic) bond motifs is 3. The molecule has 0 saturated carbocycles. The first kappa shape index (κ1) is 30.6. The first-order chi connectivity index (χ1) is 22.1. The van der Waals surface area contributed by atoms with Crippen molar-refractivity contribution in [2.45, 2.75) is 77.5 Å². The van der Waals surface area contributed by atoms with Gasteiger partial charge in [0.15, 0.2) is 11.6 Å². The fourth-order valence-electron chi connectivity index (χ4n) is 7.06. The van der Waals surface area contributed by atoms with E-state index in [1.165, 1.54) is 17.4 Å². The van der Waals surface area contributed by atoms with Gasteiger partial charge in [-0.25, -0.2) is 8.78 Å². The molecule has 4 aromatic rings. The third kappa shape index (κ3) is 5.72. The Hall–Kier alpha value is -4.03. The average Bonchev–Trinajstić information content (AvgIpc) is 3.83. The Bertz CT molecular complexity index is 1840.